The lowest BCUT2D eigenvalue weighted by atomic mass is 10.2. The van der Waals surface area contributed by atoms with Gasteiger partial charge in [0.05, 0.1) is 4.90 Å². The second-order valence-corrected chi connectivity index (χ2v) is 6.63. The van der Waals surface area contributed by atoms with Gasteiger partial charge in [-0.05, 0) is 25.1 Å². The molecule has 5 nitrogen and oxygen atoms in total. The van der Waals surface area contributed by atoms with Crippen LogP contribution in [0.25, 0.3) is 0 Å². The van der Waals surface area contributed by atoms with Crippen molar-refractivity contribution in [1.82, 2.24) is 5.32 Å². The van der Waals surface area contributed by atoms with E-state index in [1.165, 1.54) is 6.07 Å². The van der Waals surface area contributed by atoms with E-state index in [0.717, 1.165) is 6.26 Å². The molecule has 1 aromatic rings. The molecule has 0 saturated carbocycles. The minimum absolute atomic E-state index is 0.224. The predicted octanol–water partition coefficient (Wildman–Crippen LogP) is 1.10. The number of rotatable bonds is 7. The van der Waals surface area contributed by atoms with Crippen LogP contribution in [0.1, 0.15) is 18.4 Å². The first-order valence-electron chi connectivity index (χ1n) is 5.79. The van der Waals surface area contributed by atoms with Gasteiger partial charge < -0.3 is 11.1 Å². The number of nitrogens with one attached hydrogen (secondary N) is 1. The molecule has 1 aromatic carbocycles. The molecule has 0 aliphatic heterocycles. The Morgan fingerprint density at radius 2 is 2.11 bits per heavy atom. The summed E-state index contributed by atoms with van der Waals surface area (Å²) in [5.74, 6) is -0.351. The molecule has 0 atom stereocenters. The van der Waals surface area contributed by atoms with Crippen molar-refractivity contribution in [2.24, 2.45) is 5.73 Å². The first kappa shape index (κ1) is 15.9. The fourth-order valence-corrected chi connectivity index (χ4v) is 2.91. The van der Waals surface area contributed by atoms with Crippen LogP contribution in [0.5, 0.6) is 0 Å². The van der Waals surface area contributed by atoms with Crippen LogP contribution in [-0.2, 0) is 21.2 Å². The number of hydrogen-bond acceptors (Lipinski definition) is 4. The Hall–Kier alpha value is -1.11. The summed E-state index contributed by atoms with van der Waals surface area (Å²) in [6, 6.07) is 4.79. The van der Waals surface area contributed by atoms with Crippen LogP contribution in [0.15, 0.2) is 23.1 Å². The van der Waals surface area contributed by atoms with E-state index in [-0.39, 0.29) is 10.8 Å². The molecule has 0 aliphatic carbocycles. The Labute approximate surface area is 118 Å². The van der Waals surface area contributed by atoms with Crippen molar-refractivity contribution < 1.29 is 13.2 Å². The number of carbonyl (C=O) groups excluding carboxylic acids is 1. The minimum Gasteiger partial charge on any atom is -0.370 e. The first-order valence-corrected chi connectivity index (χ1v) is 8.06. The SMILES string of the molecule is CS(=O)(=O)c1cccc(Cl)c1CNCCCC(N)=O. The second-order valence-electron chi connectivity index (χ2n) is 4.24. The Kier molecular flexibility index (Phi) is 5.78. The van der Waals surface area contributed by atoms with Crippen LogP contribution in [-0.4, -0.2) is 27.1 Å². The summed E-state index contributed by atoms with van der Waals surface area (Å²) in [4.78, 5) is 10.8. The van der Waals surface area contributed by atoms with E-state index in [2.05, 4.69) is 5.32 Å². The molecule has 0 fully saturated rings. The van der Waals surface area contributed by atoms with Crippen molar-refractivity contribution in [1.29, 1.82) is 0 Å². The summed E-state index contributed by atoms with van der Waals surface area (Å²) in [6.45, 7) is 0.901. The van der Waals surface area contributed by atoms with Crippen LogP contribution < -0.4 is 11.1 Å². The Morgan fingerprint density at radius 1 is 1.42 bits per heavy atom. The highest BCUT2D eigenvalue weighted by Crippen LogP contribution is 2.23. The Morgan fingerprint density at radius 3 is 2.68 bits per heavy atom. The zero-order valence-corrected chi connectivity index (χ0v) is 12.2. The van der Waals surface area contributed by atoms with Crippen LogP contribution in [0.3, 0.4) is 0 Å². The molecule has 1 amide bonds. The topological polar surface area (TPSA) is 89.3 Å². The van der Waals surface area contributed by atoms with Gasteiger partial charge in [-0.2, -0.15) is 0 Å². The third-order valence-electron chi connectivity index (χ3n) is 2.55. The van der Waals surface area contributed by atoms with Crippen LogP contribution in [0, 0.1) is 0 Å². The summed E-state index contributed by atoms with van der Waals surface area (Å²) in [6.07, 6.45) is 2.05. The number of nitrogens with two attached hydrogens (primary N) is 1. The van der Waals surface area contributed by atoms with Gasteiger partial charge in [-0.1, -0.05) is 17.7 Å². The molecule has 0 aromatic heterocycles. The van der Waals surface area contributed by atoms with Crippen molar-refractivity contribution in [3.8, 4) is 0 Å². The molecule has 1 rings (SSSR count). The van der Waals surface area contributed by atoms with E-state index in [0.29, 0.717) is 36.5 Å². The van der Waals surface area contributed by atoms with E-state index in [1.54, 1.807) is 12.1 Å². The van der Waals surface area contributed by atoms with Crippen LogP contribution >= 0.6 is 11.6 Å². The fourth-order valence-electron chi connectivity index (χ4n) is 1.66. The number of benzene rings is 1. The lowest BCUT2D eigenvalue weighted by Gasteiger charge is -2.11. The molecular weight excluding hydrogens is 288 g/mol. The van der Waals surface area contributed by atoms with Crippen LogP contribution in [0.4, 0.5) is 0 Å². The third-order valence-corrected chi connectivity index (χ3v) is 4.09. The molecule has 0 unspecified atom stereocenters. The van der Waals surface area contributed by atoms with Gasteiger partial charge >= 0.3 is 0 Å². The molecule has 0 bridgehead atoms. The van der Waals surface area contributed by atoms with Gasteiger partial charge in [0.15, 0.2) is 9.84 Å². The van der Waals surface area contributed by atoms with Crippen molar-refractivity contribution in [3.05, 3.63) is 28.8 Å². The van der Waals surface area contributed by atoms with Gasteiger partial charge in [-0.15, -0.1) is 0 Å². The van der Waals surface area contributed by atoms with Gasteiger partial charge in [-0.3, -0.25) is 4.79 Å². The molecule has 0 spiro atoms. The van der Waals surface area contributed by atoms with E-state index >= 15 is 0 Å². The minimum atomic E-state index is -3.31. The monoisotopic (exact) mass is 304 g/mol. The zero-order valence-electron chi connectivity index (χ0n) is 10.6. The van der Waals surface area contributed by atoms with Gasteiger partial charge in [0.25, 0.3) is 0 Å². The van der Waals surface area contributed by atoms with Gasteiger partial charge in [0.1, 0.15) is 0 Å². The fraction of sp³-hybridized carbons (Fsp3) is 0.417. The lowest BCUT2D eigenvalue weighted by Crippen LogP contribution is -2.19. The smallest absolute Gasteiger partial charge is 0.217 e. The highest BCUT2D eigenvalue weighted by molar-refractivity contribution is 7.90. The highest BCUT2D eigenvalue weighted by Gasteiger charge is 2.15. The largest absolute Gasteiger partial charge is 0.370 e. The van der Waals surface area contributed by atoms with Crippen LogP contribution in [0.2, 0.25) is 5.02 Å². The molecule has 3 N–H and O–H groups in total. The van der Waals surface area contributed by atoms with Crippen molar-refractivity contribution in [3.63, 3.8) is 0 Å². The molecule has 0 radical (unpaired) electrons. The average Bonchev–Trinajstić information content (AvgIpc) is 2.28. The average molecular weight is 305 g/mol. The van der Waals surface area contributed by atoms with Crippen molar-refractivity contribution >= 4 is 27.3 Å². The summed E-state index contributed by atoms with van der Waals surface area (Å²) < 4.78 is 23.3. The van der Waals surface area contributed by atoms with Crippen molar-refractivity contribution in [2.45, 2.75) is 24.3 Å². The number of carbonyl (C=O) groups is 1. The van der Waals surface area contributed by atoms with E-state index < -0.39 is 9.84 Å². The Bertz CT molecular complexity index is 558. The number of primary amides is 1. The Balaban J connectivity index is 2.70. The zero-order chi connectivity index (χ0) is 14.5. The second kappa shape index (κ2) is 6.88. The summed E-state index contributed by atoms with van der Waals surface area (Å²) >= 11 is 6.02. The quantitative estimate of drug-likeness (QED) is 0.738. The maximum atomic E-state index is 11.6. The standard InChI is InChI=1S/C12H17ClN2O3S/c1-19(17,18)11-5-2-4-10(13)9(11)8-15-7-3-6-12(14)16/h2,4-5,15H,3,6-8H2,1H3,(H2,14,16). The number of amides is 1. The molecule has 19 heavy (non-hydrogen) atoms. The van der Waals surface area contributed by atoms with Gasteiger partial charge in [-0.25, -0.2) is 8.42 Å². The number of hydrogen-bond donors (Lipinski definition) is 2. The van der Waals surface area contributed by atoms with Crippen molar-refractivity contribution in [2.75, 3.05) is 12.8 Å². The predicted molar refractivity (Wildman–Crippen MR) is 74.7 cm³/mol. The molecular formula is C12H17ClN2O3S. The normalized spacial score (nSPS) is 11.5. The summed E-state index contributed by atoms with van der Waals surface area (Å²) in [5, 5.41) is 3.46. The molecule has 7 heteroatoms. The summed E-state index contributed by atoms with van der Waals surface area (Å²) in [7, 11) is -3.31. The van der Waals surface area contributed by atoms with Gasteiger partial charge in [0.2, 0.25) is 5.91 Å². The molecule has 0 heterocycles. The molecule has 0 aliphatic rings. The maximum absolute atomic E-state index is 11.6. The molecule has 106 valence electrons. The van der Waals surface area contributed by atoms with E-state index in [1.807, 2.05) is 0 Å². The number of halogens is 1. The maximum Gasteiger partial charge on any atom is 0.217 e. The molecule has 0 saturated heterocycles. The summed E-state index contributed by atoms with van der Waals surface area (Å²) in [5.41, 5.74) is 5.57. The van der Waals surface area contributed by atoms with Gasteiger partial charge in [0, 0.05) is 29.8 Å². The van der Waals surface area contributed by atoms with E-state index in [9.17, 15) is 13.2 Å². The number of sulfone groups is 1. The highest BCUT2D eigenvalue weighted by atomic mass is 35.5. The third kappa shape index (κ3) is 5.18. The first-order chi connectivity index (χ1) is 8.82. The lowest BCUT2D eigenvalue weighted by molar-refractivity contribution is -0.118. The van der Waals surface area contributed by atoms with E-state index in [4.69, 9.17) is 17.3 Å².